The summed E-state index contributed by atoms with van der Waals surface area (Å²) in [5.41, 5.74) is 11.8. The van der Waals surface area contributed by atoms with Crippen molar-refractivity contribution in [2.75, 3.05) is 5.73 Å². The maximum Gasteiger partial charge on any atom is 0.164 e. The van der Waals surface area contributed by atoms with Gasteiger partial charge in [0.15, 0.2) is 5.65 Å². The minimum absolute atomic E-state index is 0.277. The van der Waals surface area contributed by atoms with Crippen molar-refractivity contribution in [1.29, 1.82) is 0 Å². The second-order valence-electron chi connectivity index (χ2n) is 6.78. The number of nitrogens with two attached hydrogens (primary N) is 1. The van der Waals surface area contributed by atoms with Crippen LogP contribution in [0.15, 0.2) is 60.9 Å². The first kappa shape index (κ1) is 15.1. The van der Waals surface area contributed by atoms with E-state index in [0.29, 0.717) is 5.82 Å². The van der Waals surface area contributed by atoms with Crippen molar-refractivity contribution in [3.05, 3.63) is 72.1 Å². The van der Waals surface area contributed by atoms with Crippen molar-refractivity contribution in [3.63, 3.8) is 0 Å². The predicted octanol–water partition coefficient (Wildman–Crippen LogP) is 3.81. The number of anilines is 1. The Bertz CT molecular complexity index is 1080. The molecule has 1 unspecified atom stereocenters. The van der Waals surface area contributed by atoms with Crippen LogP contribution in [-0.2, 0) is 12.8 Å². The SMILES string of the molecule is Nc1ncnc2c1c(-c1ccccc1)nn2C1CCc2ccccc2C1. The summed E-state index contributed by atoms with van der Waals surface area (Å²) in [6, 6.07) is 19.1. The van der Waals surface area contributed by atoms with Gasteiger partial charge in [0.05, 0.1) is 11.4 Å². The molecule has 2 N–H and O–H groups in total. The number of hydrogen-bond donors (Lipinski definition) is 1. The van der Waals surface area contributed by atoms with E-state index >= 15 is 0 Å². The van der Waals surface area contributed by atoms with E-state index in [9.17, 15) is 0 Å². The molecule has 0 saturated heterocycles. The number of aromatic nitrogens is 4. The fraction of sp³-hybridized carbons (Fsp3) is 0.190. The van der Waals surface area contributed by atoms with E-state index in [1.807, 2.05) is 18.2 Å². The number of fused-ring (bicyclic) bond motifs is 2. The highest BCUT2D eigenvalue weighted by atomic mass is 15.3. The molecule has 26 heavy (non-hydrogen) atoms. The number of nitrogen functional groups attached to an aromatic ring is 1. The minimum Gasteiger partial charge on any atom is -0.383 e. The van der Waals surface area contributed by atoms with Crippen LogP contribution in [0.3, 0.4) is 0 Å². The van der Waals surface area contributed by atoms with E-state index in [1.165, 1.54) is 17.5 Å². The second kappa shape index (κ2) is 5.95. The van der Waals surface area contributed by atoms with Crippen LogP contribution in [0.25, 0.3) is 22.3 Å². The monoisotopic (exact) mass is 341 g/mol. The Morgan fingerprint density at radius 2 is 1.69 bits per heavy atom. The van der Waals surface area contributed by atoms with Crippen LogP contribution < -0.4 is 5.73 Å². The van der Waals surface area contributed by atoms with Gasteiger partial charge in [-0.05, 0) is 30.4 Å². The lowest BCUT2D eigenvalue weighted by atomic mass is 9.88. The molecule has 0 fully saturated rings. The molecule has 2 aromatic carbocycles. The first-order valence-electron chi connectivity index (χ1n) is 8.92. The Labute approximate surface area is 151 Å². The van der Waals surface area contributed by atoms with Crippen molar-refractivity contribution < 1.29 is 0 Å². The van der Waals surface area contributed by atoms with Gasteiger partial charge in [-0.15, -0.1) is 0 Å². The zero-order valence-corrected chi connectivity index (χ0v) is 14.3. The van der Waals surface area contributed by atoms with Gasteiger partial charge in [0, 0.05) is 5.56 Å². The number of benzene rings is 2. The summed E-state index contributed by atoms with van der Waals surface area (Å²) in [5.74, 6) is 0.483. The van der Waals surface area contributed by atoms with Gasteiger partial charge in [-0.2, -0.15) is 5.10 Å². The maximum atomic E-state index is 6.21. The van der Waals surface area contributed by atoms with Crippen LogP contribution in [0, 0.1) is 0 Å². The first-order chi connectivity index (χ1) is 12.8. The summed E-state index contributed by atoms with van der Waals surface area (Å²) in [6.07, 6.45) is 4.60. The lowest BCUT2D eigenvalue weighted by Gasteiger charge is -2.25. The van der Waals surface area contributed by atoms with Crippen molar-refractivity contribution in [3.8, 4) is 11.3 Å². The predicted molar refractivity (Wildman–Crippen MR) is 103 cm³/mol. The number of nitrogens with zero attached hydrogens (tertiary/aromatic N) is 4. The van der Waals surface area contributed by atoms with Crippen molar-refractivity contribution >= 4 is 16.9 Å². The molecule has 0 spiro atoms. The molecule has 1 aliphatic carbocycles. The summed E-state index contributed by atoms with van der Waals surface area (Å²) in [7, 11) is 0. The van der Waals surface area contributed by atoms with E-state index < -0.39 is 0 Å². The molecular formula is C21H19N5. The second-order valence-corrected chi connectivity index (χ2v) is 6.78. The van der Waals surface area contributed by atoms with Crippen LogP contribution in [0.5, 0.6) is 0 Å². The molecule has 2 heterocycles. The van der Waals surface area contributed by atoms with Crippen LogP contribution in [0.4, 0.5) is 5.82 Å². The van der Waals surface area contributed by atoms with Gasteiger partial charge in [0.25, 0.3) is 0 Å². The number of aryl methyl sites for hydroxylation is 1. The molecule has 1 aliphatic rings. The van der Waals surface area contributed by atoms with Gasteiger partial charge >= 0.3 is 0 Å². The van der Waals surface area contributed by atoms with Gasteiger partial charge in [-0.1, -0.05) is 54.6 Å². The van der Waals surface area contributed by atoms with Gasteiger partial charge in [0.2, 0.25) is 0 Å². The molecule has 5 heteroatoms. The standard InChI is InChI=1S/C21H19N5/c22-20-18-19(15-7-2-1-3-8-15)25-26(21(18)24-13-23-20)17-11-10-14-6-4-5-9-16(14)12-17/h1-9,13,17H,10-12H2,(H2,22,23,24). The normalized spacial score (nSPS) is 16.5. The molecule has 2 aromatic heterocycles. The van der Waals surface area contributed by atoms with Crippen molar-refractivity contribution in [1.82, 2.24) is 19.7 Å². The average Bonchev–Trinajstić information content (AvgIpc) is 3.09. The summed E-state index contributed by atoms with van der Waals surface area (Å²) < 4.78 is 2.06. The maximum absolute atomic E-state index is 6.21. The van der Waals surface area contributed by atoms with Crippen molar-refractivity contribution in [2.24, 2.45) is 0 Å². The Morgan fingerprint density at radius 3 is 2.54 bits per heavy atom. The third kappa shape index (κ3) is 2.36. The molecule has 0 radical (unpaired) electrons. The van der Waals surface area contributed by atoms with Gasteiger partial charge in [0.1, 0.15) is 17.8 Å². The highest BCUT2D eigenvalue weighted by Crippen LogP contribution is 2.35. The smallest absolute Gasteiger partial charge is 0.164 e. The molecule has 128 valence electrons. The molecule has 4 aromatic rings. The lowest BCUT2D eigenvalue weighted by Crippen LogP contribution is -2.20. The lowest BCUT2D eigenvalue weighted by molar-refractivity contribution is 0.415. The van der Waals surface area contributed by atoms with Gasteiger partial charge in [-0.3, -0.25) is 0 Å². The molecule has 5 nitrogen and oxygen atoms in total. The van der Waals surface area contributed by atoms with Gasteiger partial charge in [-0.25, -0.2) is 14.6 Å². The summed E-state index contributed by atoms with van der Waals surface area (Å²) >= 11 is 0. The largest absolute Gasteiger partial charge is 0.383 e. The third-order valence-corrected chi connectivity index (χ3v) is 5.23. The van der Waals surface area contributed by atoms with E-state index in [2.05, 4.69) is 51.0 Å². The summed E-state index contributed by atoms with van der Waals surface area (Å²) in [6.45, 7) is 0. The fourth-order valence-corrected chi connectivity index (χ4v) is 3.94. The summed E-state index contributed by atoms with van der Waals surface area (Å²) in [5, 5.41) is 5.80. The molecule has 0 saturated carbocycles. The molecule has 0 aliphatic heterocycles. The van der Waals surface area contributed by atoms with E-state index in [1.54, 1.807) is 0 Å². The Kier molecular flexibility index (Phi) is 3.45. The summed E-state index contributed by atoms with van der Waals surface area (Å²) in [4.78, 5) is 8.73. The molecule has 1 atom stereocenters. The molecule has 5 rings (SSSR count). The van der Waals surface area contributed by atoms with E-state index in [-0.39, 0.29) is 6.04 Å². The van der Waals surface area contributed by atoms with E-state index in [0.717, 1.165) is 41.6 Å². The first-order valence-corrected chi connectivity index (χ1v) is 8.92. The Hall–Kier alpha value is -3.21. The Balaban J connectivity index is 1.67. The topological polar surface area (TPSA) is 69.6 Å². The number of hydrogen-bond acceptors (Lipinski definition) is 4. The molecule has 0 bridgehead atoms. The van der Waals surface area contributed by atoms with Crippen LogP contribution in [0.2, 0.25) is 0 Å². The van der Waals surface area contributed by atoms with Crippen LogP contribution >= 0.6 is 0 Å². The molecule has 0 amide bonds. The zero-order valence-electron chi connectivity index (χ0n) is 14.3. The third-order valence-electron chi connectivity index (χ3n) is 5.23. The zero-order chi connectivity index (χ0) is 17.5. The van der Waals surface area contributed by atoms with Gasteiger partial charge < -0.3 is 5.73 Å². The average molecular weight is 341 g/mol. The number of rotatable bonds is 2. The van der Waals surface area contributed by atoms with Crippen molar-refractivity contribution in [2.45, 2.75) is 25.3 Å². The minimum atomic E-state index is 0.277. The Morgan fingerprint density at radius 1 is 0.923 bits per heavy atom. The van der Waals surface area contributed by atoms with E-state index in [4.69, 9.17) is 10.8 Å². The quantitative estimate of drug-likeness (QED) is 0.602. The van der Waals surface area contributed by atoms with Crippen LogP contribution in [-0.4, -0.2) is 19.7 Å². The molecular weight excluding hydrogens is 322 g/mol. The highest BCUT2D eigenvalue weighted by Gasteiger charge is 2.25. The highest BCUT2D eigenvalue weighted by molar-refractivity contribution is 5.98. The fourth-order valence-electron chi connectivity index (χ4n) is 3.94. The van der Waals surface area contributed by atoms with Crippen LogP contribution in [0.1, 0.15) is 23.6 Å².